The Hall–Kier alpha value is -4.50. The first-order valence-electron chi connectivity index (χ1n) is 13.4. The molecule has 4 heterocycles. The quantitative estimate of drug-likeness (QED) is 0.288. The van der Waals surface area contributed by atoms with Gasteiger partial charge in [0.15, 0.2) is 0 Å². The SMILES string of the molecule is Cc1c(Cl)cc(-c2ccc(C[C@H](NC(=O)c3c(F)cc(N4CCOC[C@@H]4C(F)(F)F)cc3F)C(=O)O)n3ccnc23)c(=O)n1C. The van der Waals surface area contributed by atoms with Crippen LogP contribution < -0.4 is 15.8 Å². The fourth-order valence-electron chi connectivity index (χ4n) is 5.19. The number of pyridine rings is 2. The number of imidazole rings is 1. The second-order valence-electron chi connectivity index (χ2n) is 10.4. The smallest absolute Gasteiger partial charge is 0.411 e. The van der Waals surface area contributed by atoms with Gasteiger partial charge < -0.3 is 29.0 Å². The summed E-state index contributed by atoms with van der Waals surface area (Å²) in [7, 11) is 1.56. The first-order valence-corrected chi connectivity index (χ1v) is 13.8. The molecule has 16 heteroatoms. The Bertz CT molecular complexity index is 1850. The van der Waals surface area contributed by atoms with Crippen molar-refractivity contribution >= 4 is 34.8 Å². The number of carboxylic acid groups (broad SMARTS) is 1. The average molecular weight is 654 g/mol. The third-order valence-electron chi connectivity index (χ3n) is 7.69. The maximum Gasteiger partial charge on any atom is 0.411 e. The molecule has 1 fully saturated rings. The molecule has 0 unspecified atom stereocenters. The van der Waals surface area contributed by atoms with Crippen molar-refractivity contribution < 1.29 is 41.4 Å². The molecule has 238 valence electrons. The van der Waals surface area contributed by atoms with Crippen LogP contribution in [0.15, 0.2) is 47.5 Å². The van der Waals surface area contributed by atoms with Gasteiger partial charge in [-0.15, -0.1) is 0 Å². The molecule has 0 saturated carbocycles. The molecule has 45 heavy (non-hydrogen) atoms. The van der Waals surface area contributed by atoms with Crippen LogP contribution in [0.4, 0.5) is 27.6 Å². The fourth-order valence-corrected chi connectivity index (χ4v) is 5.43. The van der Waals surface area contributed by atoms with Gasteiger partial charge in [0.1, 0.15) is 34.9 Å². The first kappa shape index (κ1) is 31.9. The molecule has 1 amide bonds. The summed E-state index contributed by atoms with van der Waals surface area (Å²) in [4.78, 5) is 43.1. The van der Waals surface area contributed by atoms with Crippen molar-refractivity contribution in [2.45, 2.75) is 31.6 Å². The molecule has 10 nitrogen and oxygen atoms in total. The molecular formula is C29H25ClF5N5O5. The van der Waals surface area contributed by atoms with Crippen molar-refractivity contribution in [1.82, 2.24) is 19.3 Å². The van der Waals surface area contributed by atoms with Gasteiger partial charge in [0, 0.05) is 55.0 Å². The van der Waals surface area contributed by atoms with E-state index in [9.17, 15) is 32.7 Å². The number of morpholine rings is 1. The van der Waals surface area contributed by atoms with Crippen molar-refractivity contribution in [3.63, 3.8) is 0 Å². The zero-order valence-electron chi connectivity index (χ0n) is 23.7. The summed E-state index contributed by atoms with van der Waals surface area (Å²) in [6.45, 7) is 0.527. The highest BCUT2D eigenvalue weighted by Crippen LogP contribution is 2.33. The van der Waals surface area contributed by atoms with Crippen LogP contribution >= 0.6 is 11.6 Å². The number of ether oxygens (including phenoxy) is 1. The van der Waals surface area contributed by atoms with Gasteiger partial charge in [-0.05, 0) is 37.3 Å². The number of halogens is 6. The van der Waals surface area contributed by atoms with E-state index in [1.807, 2.05) is 0 Å². The number of anilines is 1. The number of amides is 1. The molecule has 2 N–H and O–H groups in total. The number of rotatable bonds is 7. The van der Waals surface area contributed by atoms with Crippen LogP contribution in [0.25, 0.3) is 16.8 Å². The Morgan fingerprint density at radius 2 is 1.87 bits per heavy atom. The molecule has 0 radical (unpaired) electrons. The van der Waals surface area contributed by atoms with Crippen molar-refractivity contribution in [3.8, 4) is 11.1 Å². The summed E-state index contributed by atoms with van der Waals surface area (Å²) in [6, 6.07) is 1.88. The summed E-state index contributed by atoms with van der Waals surface area (Å²) in [6.07, 6.45) is -2.20. The zero-order chi connectivity index (χ0) is 32.8. The number of aliphatic carboxylic acids is 1. The lowest BCUT2D eigenvalue weighted by Gasteiger charge is -2.38. The number of nitrogens with zero attached hydrogens (tertiary/aromatic N) is 4. The first-order chi connectivity index (χ1) is 21.2. The van der Waals surface area contributed by atoms with Crippen molar-refractivity contribution in [1.29, 1.82) is 0 Å². The maximum atomic E-state index is 15.1. The van der Waals surface area contributed by atoms with Crippen LogP contribution in [0.2, 0.25) is 5.02 Å². The lowest BCUT2D eigenvalue weighted by Crippen LogP contribution is -2.53. The fraction of sp³-hybridized carbons (Fsp3) is 0.310. The van der Waals surface area contributed by atoms with E-state index in [0.29, 0.717) is 34.1 Å². The molecule has 1 aliphatic rings. The Labute approximate surface area is 256 Å². The minimum Gasteiger partial charge on any atom is -0.480 e. The van der Waals surface area contributed by atoms with Gasteiger partial charge in [0.2, 0.25) is 0 Å². The van der Waals surface area contributed by atoms with Gasteiger partial charge in [0.25, 0.3) is 11.5 Å². The van der Waals surface area contributed by atoms with E-state index in [4.69, 9.17) is 16.3 Å². The van der Waals surface area contributed by atoms with Gasteiger partial charge in [-0.1, -0.05) is 11.6 Å². The summed E-state index contributed by atoms with van der Waals surface area (Å²) in [5, 5.41) is 12.3. The van der Waals surface area contributed by atoms with Crippen molar-refractivity contribution in [3.05, 3.63) is 86.7 Å². The molecule has 4 aromatic rings. The highest BCUT2D eigenvalue weighted by atomic mass is 35.5. The van der Waals surface area contributed by atoms with Gasteiger partial charge >= 0.3 is 12.1 Å². The lowest BCUT2D eigenvalue weighted by atomic mass is 10.0. The van der Waals surface area contributed by atoms with E-state index in [1.165, 1.54) is 33.5 Å². The van der Waals surface area contributed by atoms with Crippen LogP contribution in [-0.4, -0.2) is 69.0 Å². The van der Waals surface area contributed by atoms with E-state index in [1.54, 1.807) is 20.0 Å². The number of benzene rings is 1. The molecule has 1 saturated heterocycles. The number of nitrogens with one attached hydrogen (secondary N) is 1. The largest absolute Gasteiger partial charge is 0.480 e. The number of carbonyl (C=O) groups is 2. The molecular weight excluding hydrogens is 629 g/mol. The van der Waals surface area contributed by atoms with Crippen LogP contribution in [-0.2, 0) is 23.0 Å². The van der Waals surface area contributed by atoms with E-state index < -0.39 is 59.6 Å². The van der Waals surface area contributed by atoms with Crippen LogP contribution in [0.1, 0.15) is 21.7 Å². The van der Waals surface area contributed by atoms with Crippen LogP contribution in [0.3, 0.4) is 0 Å². The third-order valence-corrected chi connectivity index (χ3v) is 8.07. The Morgan fingerprint density at radius 1 is 1.18 bits per heavy atom. The second kappa shape index (κ2) is 12.1. The molecule has 0 aliphatic carbocycles. The molecule has 3 aromatic heterocycles. The second-order valence-corrected chi connectivity index (χ2v) is 10.8. The lowest BCUT2D eigenvalue weighted by molar-refractivity contribution is -0.167. The molecule has 2 atom stereocenters. The van der Waals surface area contributed by atoms with Gasteiger partial charge in [-0.2, -0.15) is 13.2 Å². The van der Waals surface area contributed by atoms with Crippen LogP contribution in [0.5, 0.6) is 0 Å². The zero-order valence-corrected chi connectivity index (χ0v) is 24.4. The monoisotopic (exact) mass is 653 g/mol. The van der Waals surface area contributed by atoms with E-state index in [-0.39, 0.29) is 36.3 Å². The number of hydrogen-bond acceptors (Lipinski definition) is 6. The predicted molar refractivity (Wildman–Crippen MR) is 153 cm³/mol. The summed E-state index contributed by atoms with van der Waals surface area (Å²) in [5.74, 6) is -5.90. The van der Waals surface area contributed by atoms with Gasteiger partial charge in [0.05, 0.1) is 23.8 Å². The van der Waals surface area contributed by atoms with Gasteiger partial charge in [-0.3, -0.25) is 9.59 Å². The highest BCUT2D eigenvalue weighted by Gasteiger charge is 2.46. The summed E-state index contributed by atoms with van der Waals surface area (Å²) in [5.41, 5.74) is -0.153. The molecule has 1 aliphatic heterocycles. The number of carbonyl (C=O) groups excluding carboxylic acids is 1. The topological polar surface area (TPSA) is 118 Å². The number of carboxylic acids is 1. The third kappa shape index (κ3) is 6.09. The summed E-state index contributed by atoms with van der Waals surface area (Å²) < 4.78 is 78.3. The van der Waals surface area contributed by atoms with E-state index in [0.717, 1.165) is 4.90 Å². The maximum absolute atomic E-state index is 15.1. The number of alkyl halides is 3. The Kier molecular flexibility index (Phi) is 8.60. The normalized spacial score (nSPS) is 16.2. The number of aromatic nitrogens is 3. The van der Waals surface area contributed by atoms with Gasteiger partial charge in [-0.25, -0.2) is 18.6 Å². The van der Waals surface area contributed by atoms with E-state index >= 15 is 8.78 Å². The average Bonchev–Trinajstić information content (AvgIpc) is 3.47. The highest BCUT2D eigenvalue weighted by molar-refractivity contribution is 6.31. The number of fused-ring (bicyclic) bond motifs is 1. The molecule has 5 rings (SSSR count). The van der Waals surface area contributed by atoms with Crippen molar-refractivity contribution in [2.75, 3.05) is 24.7 Å². The minimum absolute atomic E-state index is 0.112. The van der Waals surface area contributed by atoms with E-state index in [2.05, 4.69) is 10.3 Å². The van der Waals surface area contributed by atoms with Crippen LogP contribution in [0, 0.1) is 18.6 Å². The Balaban J connectivity index is 1.42. The number of hydrogen-bond donors (Lipinski definition) is 2. The Morgan fingerprint density at radius 3 is 2.51 bits per heavy atom. The predicted octanol–water partition coefficient (Wildman–Crippen LogP) is 4.13. The standard InChI is InChI=1S/C29H25ClF5N5O5/c1-14-19(30)12-18(27(42)38(14)2)17-4-3-15(40-6-5-36-25(17)40)11-22(28(43)44)37-26(41)24-20(31)9-16(10-21(24)32)39-7-8-45-13-23(39)29(33,34)35/h3-6,9-10,12,22-23H,7-8,11,13H2,1-2H3,(H,37,41)(H,43,44)/t22-,23+/m0/s1. The molecule has 0 spiro atoms. The minimum atomic E-state index is -4.75. The molecule has 1 aromatic carbocycles. The molecule has 0 bridgehead atoms. The van der Waals surface area contributed by atoms with Crippen molar-refractivity contribution in [2.24, 2.45) is 7.05 Å². The summed E-state index contributed by atoms with van der Waals surface area (Å²) >= 11 is 6.30.